The number of hydrogen-bond acceptors (Lipinski definition) is 3. The van der Waals surface area contributed by atoms with Crippen molar-refractivity contribution in [3.63, 3.8) is 0 Å². The average molecular weight is 238 g/mol. The Morgan fingerprint density at radius 3 is 2.41 bits per heavy atom. The normalized spacial score (nSPS) is 12.0. The lowest BCUT2D eigenvalue weighted by Crippen LogP contribution is -2.41. The number of benzene rings is 1. The van der Waals surface area contributed by atoms with Gasteiger partial charge < -0.3 is 14.7 Å². The van der Waals surface area contributed by atoms with Gasteiger partial charge in [0.25, 0.3) is 0 Å². The molecule has 1 aromatic rings. The summed E-state index contributed by atoms with van der Waals surface area (Å²) in [5.41, 5.74) is 0.729. The minimum atomic E-state index is -0.906. The number of para-hydroxylation sites is 1. The van der Waals surface area contributed by atoms with Crippen LogP contribution in [-0.4, -0.2) is 43.2 Å². The highest BCUT2D eigenvalue weighted by atomic mass is 16.6. The Hall–Kier alpha value is -1.59. The lowest BCUT2D eigenvalue weighted by molar-refractivity contribution is -0.0829. The van der Waals surface area contributed by atoms with E-state index in [9.17, 15) is 4.79 Å². The Morgan fingerprint density at radius 1 is 1.35 bits per heavy atom. The first-order chi connectivity index (χ1) is 8.02. The number of nitrogens with zero attached hydrogens (tertiary/aromatic N) is 2. The van der Waals surface area contributed by atoms with Crippen LogP contribution in [0.15, 0.2) is 30.3 Å². The molecule has 0 aliphatic carbocycles. The van der Waals surface area contributed by atoms with E-state index in [1.807, 2.05) is 30.3 Å². The van der Waals surface area contributed by atoms with Crippen LogP contribution >= 0.6 is 0 Å². The molecule has 1 N–H and O–H groups in total. The third-order valence-electron chi connectivity index (χ3n) is 2.13. The van der Waals surface area contributed by atoms with Crippen molar-refractivity contribution >= 4 is 11.7 Å². The monoisotopic (exact) mass is 238 g/mol. The zero-order valence-corrected chi connectivity index (χ0v) is 10.3. The predicted octanol–water partition coefficient (Wildman–Crippen LogP) is 1.49. The van der Waals surface area contributed by atoms with Crippen molar-refractivity contribution in [2.45, 2.75) is 13.2 Å². The molecule has 0 aromatic heterocycles. The van der Waals surface area contributed by atoms with Crippen molar-refractivity contribution in [1.29, 1.82) is 0 Å². The lowest BCUT2D eigenvalue weighted by Gasteiger charge is -2.26. The molecule has 0 aliphatic heterocycles. The van der Waals surface area contributed by atoms with Gasteiger partial charge in [0.2, 0.25) is 0 Å². The molecule has 0 heterocycles. The van der Waals surface area contributed by atoms with Gasteiger partial charge in [0, 0.05) is 19.8 Å². The minimum absolute atomic E-state index is 0.0126. The molecule has 5 nitrogen and oxygen atoms in total. The van der Waals surface area contributed by atoms with Gasteiger partial charge >= 0.3 is 6.03 Å². The highest BCUT2D eigenvalue weighted by Crippen LogP contribution is 2.14. The Labute approximate surface area is 101 Å². The number of carbonyl (C=O) groups is 1. The van der Waals surface area contributed by atoms with E-state index in [0.29, 0.717) is 0 Å². The fourth-order valence-corrected chi connectivity index (χ4v) is 1.27. The van der Waals surface area contributed by atoms with Gasteiger partial charge in [-0.15, -0.1) is 0 Å². The van der Waals surface area contributed by atoms with Gasteiger partial charge in [0.05, 0.1) is 0 Å². The van der Waals surface area contributed by atoms with Gasteiger partial charge in [-0.05, 0) is 19.1 Å². The predicted molar refractivity (Wildman–Crippen MR) is 65.6 cm³/mol. The Morgan fingerprint density at radius 2 is 1.94 bits per heavy atom. The molecule has 5 heteroatoms. The van der Waals surface area contributed by atoms with E-state index >= 15 is 0 Å². The van der Waals surface area contributed by atoms with Crippen molar-refractivity contribution in [3.05, 3.63) is 30.3 Å². The topological polar surface area (TPSA) is 53.0 Å². The highest BCUT2D eigenvalue weighted by Gasteiger charge is 2.17. The number of ether oxygens (including phenoxy) is 1. The molecule has 1 rings (SSSR count). The summed E-state index contributed by atoms with van der Waals surface area (Å²) in [7, 11) is 3.33. The number of carbonyl (C=O) groups excluding carboxylic acids is 1. The standard InChI is InChI=1S/C12H18N2O3/c1-10(15)17-9-14(12(16)13(2)3)11-7-5-4-6-8-11/h4-8,10,15H,9H2,1-3H3. The first-order valence-electron chi connectivity index (χ1n) is 5.36. The molecule has 1 aromatic carbocycles. The SMILES string of the molecule is CC(O)OCN(C(=O)N(C)C)c1ccccc1. The van der Waals surface area contributed by atoms with Crippen LogP contribution in [0.2, 0.25) is 0 Å². The Bertz CT molecular complexity index is 352. The van der Waals surface area contributed by atoms with E-state index in [4.69, 9.17) is 9.84 Å². The first kappa shape index (κ1) is 13.5. The average Bonchev–Trinajstić information content (AvgIpc) is 2.30. The summed E-state index contributed by atoms with van der Waals surface area (Å²) in [4.78, 5) is 14.9. The van der Waals surface area contributed by atoms with Crippen LogP contribution in [0.3, 0.4) is 0 Å². The van der Waals surface area contributed by atoms with Crippen LogP contribution in [-0.2, 0) is 4.74 Å². The van der Waals surface area contributed by atoms with E-state index < -0.39 is 6.29 Å². The zero-order chi connectivity index (χ0) is 12.8. The van der Waals surface area contributed by atoms with Crippen molar-refractivity contribution in [2.24, 2.45) is 0 Å². The fourth-order valence-electron chi connectivity index (χ4n) is 1.27. The minimum Gasteiger partial charge on any atom is -0.368 e. The maximum atomic E-state index is 11.9. The van der Waals surface area contributed by atoms with Gasteiger partial charge in [0.15, 0.2) is 6.29 Å². The smallest absolute Gasteiger partial charge is 0.325 e. The van der Waals surface area contributed by atoms with Gasteiger partial charge in [0.1, 0.15) is 6.73 Å². The zero-order valence-electron chi connectivity index (χ0n) is 10.3. The largest absolute Gasteiger partial charge is 0.368 e. The molecule has 0 saturated heterocycles. The van der Waals surface area contributed by atoms with Crippen LogP contribution in [0.1, 0.15) is 6.92 Å². The summed E-state index contributed by atoms with van der Waals surface area (Å²) in [6.45, 7) is 1.52. The van der Waals surface area contributed by atoms with Crippen molar-refractivity contribution < 1.29 is 14.6 Å². The summed E-state index contributed by atoms with van der Waals surface area (Å²) in [5, 5.41) is 9.09. The van der Waals surface area contributed by atoms with Gasteiger partial charge in [-0.25, -0.2) is 4.79 Å². The van der Waals surface area contributed by atoms with Crippen LogP contribution in [0, 0.1) is 0 Å². The summed E-state index contributed by atoms with van der Waals surface area (Å²) in [6, 6.07) is 8.98. The molecule has 1 atom stereocenters. The number of hydrogen-bond donors (Lipinski definition) is 1. The molecular weight excluding hydrogens is 220 g/mol. The highest BCUT2D eigenvalue weighted by molar-refractivity contribution is 5.91. The van der Waals surface area contributed by atoms with Crippen LogP contribution in [0.25, 0.3) is 0 Å². The molecule has 0 fully saturated rings. The number of aliphatic hydroxyl groups is 1. The molecule has 1 unspecified atom stereocenters. The molecule has 94 valence electrons. The van der Waals surface area contributed by atoms with Crippen LogP contribution in [0.5, 0.6) is 0 Å². The van der Waals surface area contributed by atoms with E-state index in [2.05, 4.69) is 0 Å². The van der Waals surface area contributed by atoms with Gasteiger partial charge in [-0.1, -0.05) is 18.2 Å². The first-order valence-corrected chi connectivity index (χ1v) is 5.36. The Kier molecular flexibility index (Phi) is 4.93. The third-order valence-corrected chi connectivity index (χ3v) is 2.13. The second-order valence-corrected chi connectivity index (χ2v) is 3.84. The van der Waals surface area contributed by atoms with Gasteiger partial charge in [-0.2, -0.15) is 0 Å². The Balaban J connectivity index is 2.83. The second-order valence-electron chi connectivity index (χ2n) is 3.84. The molecule has 17 heavy (non-hydrogen) atoms. The summed E-state index contributed by atoms with van der Waals surface area (Å²) < 4.78 is 5.06. The molecule has 0 bridgehead atoms. The summed E-state index contributed by atoms with van der Waals surface area (Å²) in [6.07, 6.45) is -0.906. The number of aliphatic hydroxyl groups excluding tert-OH is 1. The van der Waals surface area contributed by atoms with Crippen molar-refractivity contribution in [3.8, 4) is 0 Å². The quantitative estimate of drug-likeness (QED) is 0.808. The van der Waals surface area contributed by atoms with Gasteiger partial charge in [-0.3, -0.25) is 4.90 Å². The molecule has 2 amide bonds. The van der Waals surface area contributed by atoms with Crippen LogP contribution in [0.4, 0.5) is 10.5 Å². The summed E-state index contributed by atoms with van der Waals surface area (Å²) in [5.74, 6) is 0. The number of amides is 2. The molecule has 0 radical (unpaired) electrons. The second kappa shape index (κ2) is 6.22. The van der Waals surface area contributed by atoms with Crippen LogP contribution < -0.4 is 4.90 Å². The fraction of sp³-hybridized carbons (Fsp3) is 0.417. The van der Waals surface area contributed by atoms with E-state index in [1.165, 1.54) is 16.7 Å². The van der Waals surface area contributed by atoms with Crippen molar-refractivity contribution in [1.82, 2.24) is 4.90 Å². The third kappa shape index (κ3) is 4.05. The molecular formula is C12H18N2O3. The maximum absolute atomic E-state index is 11.9. The molecule has 0 aliphatic rings. The number of rotatable bonds is 4. The molecule has 0 spiro atoms. The van der Waals surface area contributed by atoms with E-state index in [-0.39, 0.29) is 12.8 Å². The van der Waals surface area contributed by atoms with E-state index in [1.54, 1.807) is 14.1 Å². The number of anilines is 1. The maximum Gasteiger partial charge on any atom is 0.325 e. The van der Waals surface area contributed by atoms with Crippen molar-refractivity contribution in [2.75, 3.05) is 25.7 Å². The number of urea groups is 1. The molecule has 0 saturated carbocycles. The van der Waals surface area contributed by atoms with E-state index in [0.717, 1.165) is 5.69 Å². The summed E-state index contributed by atoms with van der Waals surface area (Å²) >= 11 is 0. The lowest BCUT2D eigenvalue weighted by atomic mass is 10.3.